The average molecular weight is 455 g/mol. The number of fused-ring (bicyclic) bond motifs is 2. The van der Waals surface area contributed by atoms with Crippen LogP contribution in [0.1, 0.15) is 12.0 Å². The molecule has 1 aliphatic rings. The van der Waals surface area contributed by atoms with Crippen molar-refractivity contribution in [2.45, 2.75) is 13.0 Å². The zero-order valence-electron chi connectivity index (χ0n) is 18.7. The molecular weight excluding hydrogens is 427 g/mol. The highest BCUT2D eigenvalue weighted by Crippen LogP contribution is 2.33. The highest BCUT2D eigenvalue weighted by Gasteiger charge is 2.18. The molecule has 2 aromatic carbocycles. The summed E-state index contributed by atoms with van der Waals surface area (Å²) < 4.78 is 24.4. The summed E-state index contributed by atoms with van der Waals surface area (Å²) >= 11 is 0. The maximum atomic E-state index is 13.2. The van der Waals surface area contributed by atoms with Crippen LogP contribution in [0.15, 0.2) is 47.3 Å². The number of benzene rings is 2. The van der Waals surface area contributed by atoms with E-state index in [-0.39, 0.29) is 24.0 Å². The second-order valence-electron chi connectivity index (χ2n) is 8.22. The number of pyridine rings is 1. The maximum absolute atomic E-state index is 13.2. The molecule has 3 aromatic rings. The lowest BCUT2D eigenvalue weighted by Gasteiger charge is -2.24. The van der Waals surface area contributed by atoms with Crippen LogP contribution in [-0.4, -0.2) is 61.2 Å². The summed E-state index contributed by atoms with van der Waals surface area (Å²) in [5.41, 5.74) is 1.31. The van der Waals surface area contributed by atoms with E-state index in [0.717, 1.165) is 18.4 Å². The predicted molar refractivity (Wildman–Crippen MR) is 125 cm³/mol. The van der Waals surface area contributed by atoms with Crippen molar-refractivity contribution in [1.82, 2.24) is 14.8 Å². The summed E-state index contributed by atoms with van der Waals surface area (Å²) in [6.45, 7) is 2.30. The van der Waals surface area contributed by atoms with Gasteiger partial charge >= 0.3 is 6.03 Å². The minimum Gasteiger partial charge on any atom is -0.486 e. The number of aromatic amines is 1. The first-order valence-electron chi connectivity index (χ1n) is 10.8. The number of aromatic nitrogens is 1. The molecule has 1 aliphatic heterocycles. The molecule has 0 aliphatic carbocycles. The molecule has 4 rings (SSSR count). The van der Waals surface area contributed by atoms with Crippen molar-refractivity contribution in [3.8, 4) is 11.5 Å². The van der Waals surface area contributed by atoms with Crippen LogP contribution < -0.4 is 20.3 Å². The Bertz CT molecular complexity index is 1190. The van der Waals surface area contributed by atoms with Crippen LogP contribution in [0.2, 0.25) is 0 Å². The van der Waals surface area contributed by atoms with E-state index >= 15 is 0 Å². The minimum absolute atomic E-state index is 0.125. The second-order valence-corrected chi connectivity index (χ2v) is 8.22. The second kappa shape index (κ2) is 9.91. The van der Waals surface area contributed by atoms with Crippen molar-refractivity contribution in [3.05, 3.63) is 64.2 Å². The van der Waals surface area contributed by atoms with Gasteiger partial charge in [0.2, 0.25) is 0 Å². The lowest BCUT2D eigenvalue weighted by Crippen LogP contribution is -2.37. The van der Waals surface area contributed by atoms with Gasteiger partial charge in [0.1, 0.15) is 19.0 Å². The zero-order chi connectivity index (χ0) is 23.4. The van der Waals surface area contributed by atoms with Gasteiger partial charge in [0.15, 0.2) is 11.5 Å². The molecule has 0 saturated carbocycles. The number of hydrogen-bond acceptors (Lipinski definition) is 5. The Kier molecular flexibility index (Phi) is 6.79. The third-order valence-electron chi connectivity index (χ3n) is 5.36. The molecule has 0 atom stereocenters. The van der Waals surface area contributed by atoms with Crippen molar-refractivity contribution in [3.63, 3.8) is 0 Å². The van der Waals surface area contributed by atoms with Gasteiger partial charge in [-0.25, -0.2) is 9.18 Å². The first-order valence-corrected chi connectivity index (χ1v) is 10.8. The molecule has 9 heteroatoms. The molecule has 33 heavy (non-hydrogen) atoms. The van der Waals surface area contributed by atoms with Crippen LogP contribution in [0.4, 0.5) is 14.9 Å². The molecule has 0 spiro atoms. The van der Waals surface area contributed by atoms with Gasteiger partial charge in [-0.05, 0) is 63.5 Å². The topological polar surface area (TPSA) is 86.9 Å². The zero-order valence-corrected chi connectivity index (χ0v) is 18.7. The molecule has 0 radical (unpaired) electrons. The molecule has 1 aromatic heterocycles. The van der Waals surface area contributed by atoms with Crippen LogP contribution >= 0.6 is 0 Å². The van der Waals surface area contributed by atoms with Crippen LogP contribution in [0.3, 0.4) is 0 Å². The molecule has 8 nitrogen and oxygen atoms in total. The summed E-state index contributed by atoms with van der Waals surface area (Å²) in [7, 11) is 3.92. The smallest absolute Gasteiger partial charge is 0.322 e. The number of urea groups is 1. The molecule has 2 N–H and O–H groups in total. The summed E-state index contributed by atoms with van der Waals surface area (Å²) in [4.78, 5) is 32.3. The highest BCUT2D eigenvalue weighted by molar-refractivity contribution is 5.89. The van der Waals surface area contributed by atoms with Crippen LogP contribution in [0, 0.1) is 5.82 Å². The van der Waals surface area contributed by atoms with Gasteiger partial charge in [-0.1, -0.05) is 0 Å². The van der Waals surface area contributed by atoms with E-state index in [0.29, 0.717) is 48.0 Å². The van der Waals surface area contributed by atoms with Gasteiger partial charge in [0, 0.05) is 29.2 Å². The quantitative estimate of drug-likeness (QED) is 0.571. The molecule has 2 heterocycles. The van der Waals surface area contributed by atoms with Crippen molar-refractivity contribution < 1.29 is 18.7 Å². The fraction of sp³-hybridized carbons (Fsp3) is 0.333. The van der Waals surface area contributed by atoms with E-state index in [1.807, 2.05) is 25.1 Å². The van der Waals surface area contributed by atoms with Crippen molar-refractivity contribution in [1.29, 1.82) is 0 Å². The standard InChI is InChI=1S/C24H27FN4O4/c1-28(2)8-3-9-29(24(31)26-19-6-4-18(25)5-7-19)15-17-12-16-13-21-22(33-11-10-32-21)14-20(16)27-23(17)30/h4-7,12-14H,3,8-11,15H2,1-2H3,(H,26,31)(H,27,30). The van der Waals surface area contributed by atoms with Gasteiger partial charge in [-0.2, -0.15) is 0 Å². The van der Waals surface area contributed by atoms with Crippen LogP contribution in [0.25, 0.3) is 10.9 Å². The summed E-state index contributed by atoms with van der Waals surface area (Å²) in [6, 6.07) is 10.6. The summed E-state index contributed by atoms with van der Waals surface area (Å²) in [5.74, 6) is 0.847. The number of anilines is 1. The Balaban J connectivity index is 1.58. The highest BCUT2D eigenvalue weighted by atomic mass is 19.1. The first kappa shape index (κ1) is 22.6. The number of amides is 2. The SMILES string of the molecule is CN(C)CCCN(Cc1cc2cc3c(cc2[nH]c1=O)OCCO3)C(=O)Nc1ccc(F)cc1. The number of carbonyl (C=O) groups is 1. The number of ether oxygens (including phenoxy) is 2. The van der Waals surface area contributed by atoms with Crippen LogP contribution in [0.5, 0.6) is 11.5 Å². The normalized spacial score (nSPS) is 12.7. The number of hydrogen-bond donors (Lipinski definition) is 2. The molecule has 2 amide bonds. The van der Waals surface area contributed by atoms with Gasteiger partial charge in [0.05, 0.1) is 12.1 Å². The molecule has 0 fully saturated rings. The van der Waals surface area contributed by atoms with Gasteiger partial charge in [-0.15, -0.1) is 0 Å². The lowest BCUT2D eigenvalue weighted by atomic mass is 10.1. The van der Waals surface area contributed by atoms with Gasteiger partial charge in [0.25, 0.3) is 5.56 Å². The van der Waals surface area contributed by atoms with Gasteiger partial charge in [-0.3, -0.25) is 4.79 Å². The lowest BCUT2D eigenvalue weighted by molar-refractivity contribution is 0.172. The molecule has 174 valence electrons. The van der Waals surface area contributed by atoms with E-state index in [9.17, 15) is 14.0 Å². The van der Waals surface area contributed by atoms with E-state index in [2.05, 4.69) is 10.3 Å². The number of rotatable bonds is 7. The summed E-state index contributed by atoms with van der Waals surface area (Å²) in [6.07, 6.45) is 0.730. The fourth-order valence-electron chi connectivity index (χ4n) is 3.68. The number of halogens is 1. The molecule has 0 bridgehead atoms. The number of nitrogens with zero attached hydrogens (tertiary/aromatic N) is 2. The van der Waals surface area contributed by atoms with E-state index in [4.69, 9.17) is 9.47 Å². The Morgan fingerprint density at radius 2 is 1.76 bits per heavy atom. The largest absolute Gasteiger partial charge is 0.486 e. The maximum Gasteiger partial charge on any atom is 0.322 e. The predicted octanol–water partition coefficient (Wildman–Crippen LogP) is 3.42. The third-order valence-corrected chi connectivity index (χ3v) is 5.36. The molecule has 0 saturated heterocycles. The van der Waals surface area contributed by atoms with Gasteiger partial charge < -0.3 is 29.6 Å². The van der Waals surface area contributed by atoms with E-state index < -0.39 is 0 Å². The third kappa shape index (κ3) is 5.61. The average Bonchev–Trinajstić information content (AvgIpc) is 2.78. The van der Waals surface area contributed by atoms with Crippen LogP contribution in [-0.2, 0) is 6.54 Å². The Labute approximate surface area is 190 Å². The summed E-state index contributed by atoms with van der Waals surface area (Å²) in [5, 5.41) is 3.58. The Morgan fingerprint density at radius 3 is 2.45 bits per heavy atom. The monoisotopic (exact) mass is 454 g/mol. The number of nitrogens with one attached hydrogen (secondary N) is 2. The van der Waals surface area contributed by atoms with Crippen molar-refractivity contribution >= 4 is 22.6 Å². The van der Waals surface area contributed by atoms with E-state index in [1.54, 1.807) is 17.0 Å². The fourth-order valence-corrected chi connectivity index (χ4v) is 3.68. The first-order chi connectivity index (χ1) is 15.9. The van der Waals surface area contributed by atoms with Crippen molar-refractivity contribution in [2.24, 2.45) is 0 Å². The number of carbonyl (C=O) groups excluding carboxylic acids is 1. The molecular formula is C24H27FN4O4. The Morgan fingerprint density at radius 1 is 1.06 bits per heavy atom. The van der Waals surface area contributed by atoms with E-state index in [1.165, 1.54) is 24.3 Å². The Hall–Kier alpha value is -3.59. The number of H-pyrrole nitrogens is 1. The van der Waals surface area contributed by atoms with Crippen molar-refractivity contribution in [2.75, 3.05) is 45.7 Å². The molecule has 0 unspecified atom stereocenters. The minimum atomic E-state index is -0.380.